The lowest BCUT2D eigenvalue weighted by Gasteiger charge is -2.37. The molecule has 2 atom stereocenters. The molecule has 0 radical (unpaired) electrons. The molecule has 0 saturated carbocycles. The molecule has 1 heterocycles. The Labute approximate surface area is 132 Å². The van der Waals surface area contributed by atoms with E-state index < -0.39 is 12.0 Å². The SMILES string of the molecule is Cc1cccc(NC(=O)N2CCCC(C)C2C(=O)O)c1Br. The molecule has 1 fully saturated rings. The molecule has 2 N–H and O–H groups in total. The molecule has 1 aromatic rings. The molecular formula is C15H19BrN2O3. The highest BCUT2D eigenvalue weighted by atomic mass is 79.9. The summed E-state index contributed by atoms with van der Waals surface area (Å²) in [6.45, 7) is 4.28. The molecule has 1 aliphatic heterocycles. The molecule has 0 spiro atoms. The molecule has 0 aromatic heterocycles. The van der Waals surface area contributed by atoms with Crippen molar-refractivity contribution in [3.63, 3.8) is 0 Å². The lowest BCUT2D eigenvalue weighted by molar-refractivity contribution is -0.145. The molecule has 6 heteroatoms. The zero-order valence-electron chi connectivity index (χ0n) is 12.1. The number of carbonyl (C=O) groups excluding carboxylic acids is 1. The highest BCUT2D eigenvalue weighted by Gasteiger charge is 2.37. The topological polar surface area (TPSA) is 69.6 Å². The number of anilines is 1. The van der Waals surface area contributed by atoms with Crippen LogP contribution >= 0.6 is 15.9 Å². The van der Waals surface area contributed by atoms with E-state index >= 15 is 0 Å². The Balaban J connectivity index is 2.18. The van der Waals surface area contributed by atoms with E-state index in [1.165, 1.54) is 4.90 Å². The van der Waals surface area contributed by atoms with Crippen LogP contribution in [0.25, 0.3) is 0 Å². The number of aliphatic carboxylic acids is 1. The number of amides is 2. The van der Waals surface area contributed by atoms with Crippen molar-refractivity contribution in [2.24, 2.45) is 5.92 Å². The van der Waals surface area contributed by atoms with Crippen molar-refractivity contribution in [2.45, 2.75) is 32.7 Å². The number of hydrogen-bond donors (Lipinski definition) is 2. The van der Waals surface area contributed by atoms with E-state index in [2.05, 4.69) is 21.2 Å². The van der Waals surface area contributed by atoms with Gasteiger partial charge in [0.25, 0.3) is 0 Å². The lowest BCUT2D eigenvalue weighted by atomic mass is 9.91. The maximum Gasteiger partial charge on any atom is 0.326 e. The van der Waals surface area contributed by atoms with Gasteiger partial charge in [-0.15, -0.1) is 0 Å². The third kappa shape index (κ3) is 3.37. The van der Waals surface area contributed by atoms with Crippen molar-refractivity contribution in [2.75, 3.05) is 11.9 Å². The number of hydrogen-bond acceptors (Lipinski definition) is 2. The number of aryl methyl sites for hydroxylation is 1. The Bertz CT molecular complexity index is 562. The number of urea groups is 1. The smallest absolute Gasteiger partial charge is 0.326 e. The molecule has 21 heavy (non-hydrogen) atoms. The fraction of sp³-hybridized carbons (Fsp3) is 0.467. The van der Waals surface area contributed by atoms with Crippen LogP contribution in [0.2, 0.25) is 0 Å². The first-order valence-electron chi connectivity index (χ1n) is 6.97. The van der Waals surface area contributed by atoms with Crippen molar-refractivity contribution in [1.82, 2.24) is 4.90 Å². The summed E-state index contributed by atoms with van der Waals surface area (Å²) < 4.78 is 0.815. The second kappa shape index (κ2) is 6.47. The summed E-state index contributed by atoms with van der Waals surface area (Å²) in [6.07, 6.45) is 1.66. The number of rotatable bonds is 2. The molecule has 1 aliphatic rings. The van der Waals surface area contributed by atoms with Gasteiger partial charge in [0.2, 0.25) is 0 Å². The van der Waals surface area contributed by atoms with Crippen molar-refractivity contribution >= 4 is 33.6 Å². The van der Waals surface area contributed by atoms with E-state index in [-0.39, 0.29) is 11.9 Å². The monoisotopic (exact) mass is 354 g/mol. The van der Waals surface area contributed by atoms with E-state index in [9.17, 15) is 14.7 Å². The maximum atomic E-state index is 12.4. The predicted molar refractivity (Wildman–Crippen MR) is 84.4 cm³/mol. The average Bonchev–Trinajstić information content (AvgIpc) is 2.43. The van der Waals surface area contributed by atoms with Gasteiger partial charge in [0.05, 0.1) is 5.69 Å². The average molecular weight is 355 g/mol. The van der Waals surface area contributed by atoms with Crippen molar-refractivity contribution < 1.29 is 14.7 Å². The van der Waals surface area contributed by atoms with Crippen molar-refractivity contribution in [1.29, 1.82) is 0 Å². The van der Waals surface area contributed by atoms with Crippen LogP contribution in [0, 0.1) is 12.8 Å². The Morgan fingerprint density at radius 1 is 1.43 bits per heavy atom. The minimum absolute atomic E-state index is 0.0389. The van der Waals surface area contributed by atoms with Gasteiger partial charge in [-0.05, 0) is 53.2 Å². The third-order valence-corrected chi connectivity index (χ3v) is 4.93. The van der Waals surface area contributed by atoms with E-state index in [0.717, 1.165) is 22.9 Å². The molecule has 2 rings (SSSR count). The quantitative estimate of drug-likeness (QED) is 0.853. The van der Waals surface area contributed by atoms with E-state index in [1.807, 2.05) is 26.0 Å². The van der Waals surface area contributed by atoms with E-state index in [1.54, 1.807) is 6.07 Å². The highest BCUT2D eigenvalue weighted by molar-refractivity contribution is 9.10. The van der Waals surface area contributed by atoms with Gasteiger partial charge in [-0.25, -0.2) is 9.59 Å². The summed E-state index contributed by atoms with van der Waals surface area (Å²) in [5.74, 6) is -0.983. The molecule has 0 aliphatic carbocycles. The lowest BCUT2D eigenvalue weighted by Crippen LogP contribution is -2.53. The Kier molecular flexibility index (Phi) is 4.88. The summed E-state index contributed by atoms with van der Waals surface area (Å²) in [6, 6.07) is 4.45. The number of piperidine rings is 1. The molecular weight excluding hydrogens is 336 g/mol. The first-order valence-corrected chi connectivity index (χ1v) is 7.76. The summed E-state index contributed by atoms with van der Waals surface area (Å²) in [7, 11) is 0. The van der Waals surface area contributed by atoms with Gasteiger partial charge in [0.15, 0.2) is 0 Å². The normalized spacial score (nSPS) is 22.0. The summed E-state index contributed by atoms with van der Waals surface area (Å²) in [4.78, 5) is 25.3. The van der Waals surface area contributed by atoms with E-state index in [0.29, 0.717) is 12.2 Å². The fourth-order valence-electron chi connectivity index (χ4n) is 2.72. The Morgan fingerprint density at radius 2 is 2.14 bits per heavy atom. The number of benzene rings is 1. The second-order valence-corrected chi connectivity index (χ2v) is 6.26. The Morgan fingerprint density at radius 3 is 2.81 bits per heavy atom. The minimum Gasteiger partial charge on any atom is -0.480 e. The van der Waals surface area contributed by atoms with Gasteiger partial charge in [0, 0.05) is 11.0 Å². The van der Waals surface area contributed by atoms with Crippen LogP contribution in [0.1, 0.15) is 25.3 Å². The predicted octanol–water partition coefficient (Wildman–Crippen LogP) is 3.47. The number of carbonyl (C=O) groups is 2. The van der Waals surface area contributed by atoms with Crippen LogP contribution in [-0.2, 0) is 4.79 Å². The first kappa shape index (κ1) is 15.8. The standard InChI is InChI=1S/C15H19BrN2O3/c1-9-5-3-7-11(12(9)16)17-15(21)18-8-4-6-10(2)13(18)14(19)20/h3,5,7,10,13H,4,6,8H2,1-2H3,(H,17,21)(H,19,20). The highest BCUT2D eigenvalue weighted by Crippen LogP contribution is 2.28. The molecule has 2 amide bonds. The van der Waals surface area contributed by atoms with Crippen molar-refractivity contribution in [3.8, 4) is 0 Å². The summed E-state index contributed by atoms with van der Waals surface area (Å²) in [5, 5.41) is 12.2. The van der Waals surface area contributed by atoms with Crippen LogP contribution in [0.5, 0.6) is 0 Å². The largest absolute Gasteiger partial charge is 0.480 e. The number of carboxylic acids is 1. The molecule has 5 nitrogen and oxygen atoms in total. The van der Waals surface area contributed by atoms with Crippen LogP contribution in [0.3, 0.4) is 0 Å². The van der Waals surface area contributed by atoms with Crippen LogP contribution in [0.4, 0.5) is 10.5 Å². The second-order valence-electron chi connectivity index (χ2n) is 5.46. The number of halogens is 1. The maximum absolute atomic E-state index is 12.4. The third-order valence-electron chi connectivity index (χ3n) is 3.88. The zero-order valence-corrected chi connectivity index (χ0v) is 13.7. The van der Waals surface area contributed by atoms with Crippen LogP contribution in [-0.4, -0.2) is 34.6 Å². The van der Waals surface area contributed by atoms with Gasteiger partial charge in [-0.3, -0.25) is 0 Å². The molecule has 1 saturated heterocycles. The van der Waals surface area contributed by atoms with Crippen LogP contribution < -0.4 is 5.32 Å². The van der Waals surface area contributed by atoms with Gasteiger partial charge < -0.3 is 15.3 Å². The molecule has 2 unspecified atom stereocenters. The minimum atomic E-state index is -0.944. The van der Waals surface area contributed by atoms with Gasteiger partial charge in [-0.2, -0.15) is 0 Å². The van der Waals surface area contributed by atoms with Crippen LogP contribution in [0.15, 0.2) is 22.7 Å². The Hall–Kier alpha value is -1.56. The fourth-order valence-corrected chi connectivity index (χ4v) is 3.09. The number of likely N-dealkylation sites (tertiary alicyclic amines) is 1. The summed E-state index contributed by atoms with van der Waals surface area (Å²) in [5.41, 5.74) is 1.66. The molecule has 114 valence electrons. The van der Waals surface area contributed by atoms with E-state index in [4.69, 9.17) is 0 Å². The van der Waals surface area contributed by atoms with Gasteiger partial charge >= 0.3 is 12.0 Å². The molecule has 0 bridgehead atoms. The number of nitrogens with zero attached hydrogens (tertiary/aromatic N) is 1. The van der Waals surface area contributed by atoms with Gasteiger partial charge in [0.1, 0.15) is 6.04 Å². The number of nitrogens with one attached hydrogen (secondary N) is 1. The summed E-state index contributed by atoms with van der Waals surface area (Å²) >= 11 is 3.44. The number of carboxylic acid groups (broad SMARTS) is 1. The first-order chi connectivity index (χ1) is 9.91. The van der Waals surface area contributed by atoms with Gasteiger partial charge in [-0.1, -0.05) is 19.1 Å². The zero-order chi connectivity index (χ0) is 15.6. The molecule has 1 aromatic carbocycles. The van der Waals surface area contributed by atoms with Crippen molar-refractivity contribution in [3.05, 3.63) is 28.2 Å².